The summed E-state index contributed by atoms with van der Waals surface area (Å²) in [6, 6.07) is 0. The minimum absolute atomic E-state index is 0.123. The summed E-state index contributed by atoms with van der Waals surface area (Å²) >= 11 is 0. The van der Waals surface area contributed by atoms with E-state index in [0.29, 0.717) is 6.42 Å². The van der Waals surface area contributed by atoms with Gasteiger partial charge < -0.3 is 15.3 Å². The van der Waals surface area contributed by atoms with Crippen molar-refractivity contribution in [3.8, 4) is 0 Å². The Morgan fingerprint density at radius 3 is 1.58 bits per heavy atom. The van der Waals surface area contributed by atoms with Crippen molar-refractivity contribution in [3.63, 3.8) is 0 Å². The van der Waals surface area contributed by atoms with E-state index in [-0.39, 0.29) is 24.6 Å². The largest absolute Gasteiger partial charge is 0.361 e. The molecule has 0 aliphatic heterocycles. The molecule has 26 heavy (non-hydrogen) atoms. The van der Waals surface area contributed by atoms with Gasteiger partial charge in [0, 0.05) is 6.42 Å². The summed E-state index contributed by atoms with van der Waals surface area (Å²) in [5, 5.41) is 27.8. The molecule has 0 aliphatic rings. The zero-order valence-electron chi connectivity index (χ0n) is 16.9. The van der Waals surface area contributed by atoms with Crippen LogP contribution in [0.3, 0.4) is 0 Å². The molecule has 0 aliphatic carbocycles. The Morgan fingerprint density at radius 1 is 0.692 bits per heavy atom. The quantitative estimate of drug-likeness (QED) is 0.157. The average molecular weight is 390 g/mol. The minimum atomic E-state index is -2.60. The number of hydrogen-bond acceptors (Lipinski definition) is 4. The molecule has 0 amide bonds. The van der Waals surface area contributed by atoms with E-state index in [4.69, 9.17) is 0 Å². The fraction of sp³-hybridized carbons (Fsp3) is 0.857. The van der Waals surface area contributed by atoms with E-state index in [2.05, 4.69) is 19.1 Å². The Balaban J connectivity index is 3.48. The van der Waals surface area contributed by atoms with Gasteiger partial charge in [-0.1, -0.05) is 70.4 Å². The second-order valence-corrected chi connectivity index (χ2v) is 10.9. The van der Waals surface area contributed by atoms with Crippen molar-refractivity contribution < 1.29 is 20.1 Å². The molecule has 3 N–H and O–H groups in total. The van der Waals surface area contributed by atoms with E-state index in [9.17, 15) is 20.1 Å². The van der Waals surface area contributed by atoms with Crippen LogP contribution >= 0.6 is 7.26 Å². The number of aliphatic hydroxyl groups excluding tert-OH is 3. The summed E-state index contributed by atoms with van der Waals surface area (Å²) in [7, 11) is -2.60. The number of allylic oxidation sites excluding steroid dienone is 2. The molecule has 0 saturated heterocycles. The summed E-state index contributed by atoms with van der Waals surface area (Å²) in [4.78, 5) is 12.1. The number of carbonyl (C=O) groups excluding carboxylic acids is 1. The van der Waals surface area contributed by atoms with Crippen LogP contribution in [0, 0.1) is 0 Å². The molecular formula is C21H42O4P+. The third-order valence-electron chi connectivity index (χ3n) is 4.99. The number of unbranched alkanes of at least 4 members (excludes halogenated alkanes) is 11. The monoisotopic (exact) mass is 389 g/mol. The van der Waals surface area contributed by atoms with E-state index < -0.39 is 7.26 Å². The van der Waals surface area contributed by atoms with Crippen molar-refractivity contribution >= 4 is 12.8 Å². The molecule has 5 heteroatoms. The second-order valence-electron chi connectivity index (χ2n) is 7.30. The van der Waals surface area contributed by atoms with Crippen LogP contribution < -0.4 is 0 Å². The maximum atomic E-state index is 12.1. The van der Waals surface area contributed by atoms with Crippen LogP contribution in [0.5, 0.6) is 0 Å². The zero-order valence-corrected chi connectivity index (χ0v) is 17.8. The summed E-state index contributed by atoms with van der Waals surface area (Å²) in [6.07, 6.45) is 19.6. The van der Waals surface area contributed by atoms with Crippen LogP contribution in [-0.4, -0.2) is 39.9 Å². The van der Waals surface area contributed by atoms with Crippen LogP contribution in [0.2, 0.25) is 0 Å². The van der Waals surface area contributed by atoms with Gasteiger partial charge in [0.15, 0.2) is 26.3 Å². The van der Waals surface area contributed by atoms with Gasteiger partial charge in [0.05, 0.1) is 0 Å². The summed E-state index contributed by atoms with van der Waals surface area (Å²) in [5.74, 6) is 0. The third kappa shape index (κ3) is 12.2. The van der Waals surface area contributed by atoms with Crippen molar-refractivity contribution in [2.24, 2.45) is 0 Å². The Hall–Kier alpha value is -0.280. The van der Waals surface area contributed by atoms with Crippen LogP contribution in [0.4, 0.5) is 0 Å². The third-order valence-corrected chi connectivity index (χ3v) is 7.90. The van der Waals surface area contributed by atoms with Crippen molar-refractivity contribution in [1.29, 1.82) is 0 Å². The number of rotatable bonds is 19. The lowest BCUT2D eigenvalue weighted by Gasteiger charge is -2.17. The molecule has 0 aromatic rings. The zero-order chi connectivity index (χ0) is 19.5. The number of aliphatic hydroxyl groups is 3. The van der Waals surface area contributed by atoms with E-state index in [1.807, 2.05) is 0 Å². The maximum absolute atomic E-state index is 12.1. The molecule has 0 aromatic carbocycles. The molecule has 4 nitrogen and oxygen atoms in total. The normalized spacial score (nSPS) is 12.2. The number of carbonyl (C=O) groups is 1. The predicted molar refractivity (Wildman–Crippen MR) is 113 cm³/mol. The van der Waals surface area contributed by atoms with Crippen LogP contribution in [0.25, 0.3) is 0 Å². The lowest BCUT2D eigenvalue weighted by Crippen LogP contribution is -2.17. The highest BCUT2D eigenvalue weighted by Gasteiger charge is 2.44. The molecule has 154 valence electrons. The molecule has 0 saturated carbocycles. The summed E-state index contributed by atoms with van der Waals surface area (Å²) in [5.41, 5.74) is -0.123. The first-order valence-electron chi connectivity index (χ1n) is 10.5. The first-order valence-corrected chi connectivity index (χ1v) is 12.9. The molecule has 0 radical (unpaired) electrons. The molecule has 0 fully saturated rings. The predicted octanol–water partition coefficient (Wildman–Crippen LogP) is 5.42. The maximum Gasteiger partial charge on any atom is 0.275 e. The van der Waals surface area contributed by atoms with Crippen molar-refractivity contribution in [2.45, 2.75) is 96.8 Å². The van der Waals surface area contributed by atoms with E-state index >= 15 is 0 Å². The fourth-order valence-corrected chi connectivity index (χ4v) is 4.33. The van der Waals surface area contributed by atoms with Crippen LogP contribution in [-0.2, 0) is 4.79 Å². The van der Waals surface area contributed by atoms with Gasteiger partial charge >= 0.3 is 0 Å². The molecule has 0 heterocycles. The van der Waals surface area contributed by atoms with Gasteiger partial charge in [-0.05, 0) is 32.1 Å². The van der Waals surface area contributed by atoms with E-state index in [1.54, 1.807) is 0 Å². The summed E-state index contributed by atoms with van der Waals surface area (Å²) in [6.45, 7) is 2.25. The minimum Gasteiger partial charge on any atom is -0.361 e. The summed E-state index contributed by atoms with van der Waals surface area (Å²) < 4.78 is 0. The lowest BCUT2D eigenvalue weighted by atomic mass is 10.1. The van der Waals surface area contributed by atoms with Crippen molar-refractivity contribution in [1.82, 2.24) is 0 Å². The molecule has 0 spiro atoms. The van der Waals surface area contributed by atoms with Gasteiger partial charge in [0.2, 0.25) is 0 Å². The Bertz CT molecular complexity index is 346. The smallest absolute Gasteiger partial charge is 0.275 e. The number of hydrogen-bond donors (Lipinski definition) is 3. The SMILES string of the molecule is CCCCCCCCC=CCCCCCCCC(=O)[P+](CO)(CO)CO. The van der Waals surface area contributed by atoms with Gasteiger partial charge in [-0.3, -0.25) is 4.79 Å². The highest BCUT2D eigenvalue weighted by molar-refractivity contribution is 7.90. The lowest BCUT2D eigenvalue weighted by molar-refractivity contribution is -0.112. The van der Waals surface area contributed by atoms with Gasteiger partial charge in [0.1, 0.15) is 0 Å². The van der Waals surface area contributed by atoms with Crippen LogP contribution in [0.1, 0.15) is 96.8 Å². The van der Waals surface area contributed by atoms with E-state index in [1.165, 1.54) is 57.8 Å². The highest BCUT2D eigenvalue weighted by Crippen LogP contribution is 2.57. The Kier molecular flexibility index (Phi) is 17.9. The molecular weight excluding hydrogens is 347 g/mol. The van der Waals surface area contributed by atoms with Crippen molar-refractivity contribution in [3.05, 3.63) is 12.2 Å². The van der Waals surface area contributed by atoms with Gasteiger partial charge in [-0.2, -0.15) is 0 Å². The average Bonchev–Trinajstić information content (AvgIpc) is 2.66. The highest BCUT2D eigenvalue weighted by atomic mass is 31.2. The standard InChI is InChI=1S/C21H42O4P/c1-2-3-4-5-6-7-8-9-10-11-12-13-14-15-16-17-21(25)26(18-22,19-23)20-24/h9-10,22-24H,2-8,11-20H2,1H3/q+1. The van der Waals surface area contributed by atoms with Gasteiger partial charge in [-0.25, -0.2) is 0 Å². The topological polar surface area (TPSA) is 77.8 Å². The molecule has 0 unspecified atom stereocenters. The molecule has 0 rings (SSSR count). The van der Waals surface area contributed by atoms with Gasteiger partial charge in [-0.15, -0.1) is 0 Å². The first-order chi connectivity index (χ1) is 12.7. The Morgan fingerprint density at radius 2 is 1.12 bits per heavy atom. The second kappa shape index (κ2) is 18.1. The van der Waals surface area contributed by atoms with E-state index in [0.717, 1.165) is 25.7 Å². The molecule has 0 atom stereocenters. The Labute approximate surface area is 161 Å². The molecule has 0 aromatic heterocycles. The molecule has 0 bridgehead atoms. The fourth-order valence-electron chi connectivity index (χ4n) is 2.95. The van der Waals surface area contributed by atoms with Crippen LogP contribution in [0.15, 0.2) is 12.2 Å². The first kappa shape index (κ1) is 25.7. The van der Waals surface area contributed by atoms with Gasteiger partial charge in [0.25, 0.3) is 5.52 Å². The van der Waals surface area contributed by atoms with Crippen molar-refractivity contribution in [2.75, 3.05) is 19.0 Å².